The van der Waals surface area contributed by atoms with E-state index in [9.17, 15) is 15.3 Å². The van der Waals surface area contributed by atoms with E-state index in [2.05, 4.69) is 113 Å². The van der Waals surface area contributed by atoms with Gasteiger partial charge in [0.15, 0.2) is 0 Å². The quantitative estimate of drug-likeness (QED) is 0.173. The van der Waals surface area contributed by atoms with E-state index in [4.69, 9.17) is 9.97 Å². The molecule has 14 rings (SSSR count). The number of pyridine rings is 3. The number of aryl methyl sites for hydroxylation is 1. The zero-order chi connectivity index (χ0) is 50.6. The molecule has 6 nitrogen and oxygen atoms in total. The van der Waals surface area contributed by atoms with Crippen LogP contribution in [0.3, 0.4) is 0 Å². The zero-order valence-corrected chi connectivity index (χ0v) is 43.4. The van der Waals surface area contributed by atoms with E-state index in [1.54, 1.807) is 0 Å². The summed E-state index contributed by atoms with van der Waals surface area (Å²) in [4.78, 5) is 14.1. The van der Waals surface area contributed by atoms with E-state index >= 15 is 0 Å². The molecule has 11 aromatic rings. The van der Waals surface area contributed by atoms with Gasteiger partial charge >= 0.3 is 20.2 Å². The summed E-state index contributed by atoms with van der Waals surface area (Å²) in [5, 5.41) is 42.6. The molecule has 0 saturated carbocycles. The Morgan fingerprint density at radius 1 is 0.360 bits per heavy atom. The maximum absolute atomic E-state index is 13.2. The van der Waals surface area contributed by atoms with E-state index < -0.39 is 0 Å². The Labute approximate surface area is 445 Å². The van der Waals surface area contributed by atoms with Gasteiger partial charge in [-0.25, -0.2) is 0 Å². The normalized spacial score (nSPS) is 14.1. The van der Waals surface area contributed by atoms with Crippen LogP contribution in [0.2, 0.25) is 0 Å². The minimum absolute atomic E-state index is 0. The monoisotopic (exact) mass is 965 g/mol. The second-order valence-corrected chi connectivity index (χ2v) is 21.3. The molecule has 0 aliphatic heterocycles. The molecule has 3 heterocycles. The molecule has 0 fully saturated rings. The number of hydrogen-bond donors (Lipinski definition) is 1. The molecular weight excluding hydrogens is 913 g/mol. The summed E-state index contributed by atoms with van der Waals surface area (Å²) < 4.78 is 0. The van der Waals surface area contributed by atoms with Gasteiger partial charge in [-0.1, -0.05) is 193 Å². The van der Waals surface area contributed by atoms with Gasteiger partial charge in [-0.2, -0.15) is 0 Å². The Morgan fingerprint density at radius 3 is 1.13 bits per heavy atom. The average Bonchev–Trinajstić information content (AvgIpc) is 3.88. The minimum atomic E-state index is -0.244. The van der Waals surface area contributed by atoms with Gasteiger partial charge in [0.05, 0.1) is 17.1 Å². The van der Waals surface area contributed by atoms with Crippen molar-refractivity contribution in [2.24, 2.45) is 0 Å². The van der Waals surface area contributed by atoms with Crippen LogP contribution in [-0.4, -0.2) is 40.3 Å². The Kier molecular flexibility index (Phi) is 12.5. The van der Waals surface area contributed by atoms with Gasteiger partial charge in [0.1, 0.15) is 5.75 Å². The number of fused-ring (bicyclic) bond motifs is 12. The number of nitrogens with zero attached hydrogens (tertiary/aromatic N) is 3. The second-order valence-electron chi connectivity index (χ2n) is 21.3. The molecule has 1 N–H and O–H groups in total. The van der Waals surface area contributed by atoms with Crippen molar-refractivity contribution in [1.29, 1.82) is 0 Å². The molecule has 3 aromatic heterocycles. The van der Waals surface area contributed by atoms with E-state index in [-0.39, 0.29) is 48.0 Å². The third kappa shape index (κ3) is 7.91. The molecule has 3 aliphatic carbocycles. The fraction of sp³-hybridized carbons (Fsp3) is 0.149. The summed E-state index contributed by atoms with van der Waals surface area (Å²) in [6, 6.07) is 57.3. The summed E-state index contributed by atoms with van der Waals surface area (Å²) >= 11 is 0. The molecule has 0 saturated heterocycles. The van der Waals surface area contributed by atoms with Crippen LogP contribution >= 0.6 is 0 Å². The van der Waals surface area contributed by atoms with Gasteiger partial charge in [0.25, 0.3) is 0 Å². The first-order valence-corrected chi connectivity index (χ1v) is 25.0. The van der Waals surface area contributed by atoms with Crippen LogP contribution in [0.25, 0.3) is 88.3 Å². The maximum Gasteiger partial charge on any atom is 2.00 e. The fourth-order valence-electron chi connectivity index (χ4n) is 11.7. The molecule has 8 heteroatoms. The van der Waals surface area contributed by atoms with Gasteiger partial charge < -0.3 is 15.3 Å². The standard InChI is InChI=1S/2C24H19NO.C19H17NO.2Be/c2*1-24(2)19-12-16-10-6-7-11-18(16)23(26)21(19)22-20(24)13-17(14-25-22)15-8-4-3-5-9-15;1-11-8-15-17(20-10-11)16-14(19(15,2)3)9-12-6-4-5-7-13(12)18(16)21;;/h2*3-14,26H,1-2H3;4-10,21H,1-3H3;;/q;;;2*+2/p-2. The Balaban J connectivity index is 0.000000127. The van der Waals surface area contributed by atoms with E-state index in [1.807, 2.05) is 129 Å². The van der Waals surface area contributed by atoms with Crippen LogP contribution in [-0.2, 0) is 16.2 Å². The molecule has 0 radical (unpaired) electrons. The van der Waals surface area contributed by atoms with Crippen molar-refractivity contribution in [3.05, 3.63) is 227 Å². The molecule has 75 heavy (non-hydrogen) atoms. The largest absolute Gasteiger partial charge is 2.00 e. The number of benzene rings is 8. The summed E-state index contributed by atoms with van der Waals surface area (Å²) in [5.41, 5.74) is 16.8. The minimum Gasteiger partial charge on any atom is -0.872 e. The number of aromatic hydroxyl groups is 1. The Hall–Kier alpha value is -8.27. The van der Waals surface area contributed by atoms with Gasteiger partial charge in [-0.05, 0) is 125 Å². The molecular formula is C67H53Be2N3O3+2. The topological polar surface area (TPSA) is 105 Å². The smallest absolute Gasteiger partial charge is 0.872 e. The van der Waals surface area contributed by atoms with Crippen molar-refractivity contribution in [3.63, 3.8) is 0 Å². The number of hydrogen-bond acceptors (Lipinski definition) is 6. The van der Waals surface area contributed by atoms with Gasteiger partial charge in [-0.3, -0.25) is 15.0 Å². The average molecular weight is 966 g/mol. The summed E-state index contributed by atoms with van der Waals surface area (Å²) in [6.45, 7) is 15.2. The first-order valence-electron chi connectivity index (χ1n) is 25.0. The predicted molar refractivity (Wildman–Crippen MR) is 306 cm³/mol. The number of rotatable bonds is 2. The number of phenolic OH excluding ortho intramolecular Hbond substituents is 1. The summed E-state index contributed by atoms with van der Waals surface area (Å²) in [6.07, 6.45) is 5.64. The van der Waals surface area contributed by atoms with E-state index in [0.29, 0.717) is 5.75 Å². The van der Waals surface area contributed by atoms with Gasteiger partial charge in [0, 0.05) is 56.9 Å². The molecule has 0 amide bonds. The van der Waals surface area contributed by atoms with Crippen LogP contribution in [0.15, 0.2) is 188 Å². The molecule has 8 aromatic carbocycles. The van der Waals surface area contributed by atoms with Crippen molar-refractivity contribution in [2.45, 2.75) is 64.7 Å². The number of phenols is 1. The molecule has 0 unspecified atom stereocenters. The van der Waals surface area contributed by atoms with Crippen molar-refractivity contribution < 1.29 is 15.3 Å². The molecule has 0 bridgehead atoms. The van der Waals surface area contributed by atoms with Crippen molar-refractivity contribution in [1.82, 2.24) is 15.0 Å². The first kappa shape index (κ1) is 50.3. The fourth-order valence-corrected chi connectivity index (χ4v) is 11.7. The van der Waals surface area contributed by atoms with Crippen LogP contribution in [0.5, 0.6) is 17.2 Å². The van der Waals surface area contributed by atoms with E-state index in [0.717, 1.165) is 122 Å². The van der Waals surface area contributed by atoms with Crippen molar-refractivity contribution in [2.75, 3.05) is 0 Å². The Morgan fingerprint density at radius 2 is 0.693 bits per heavy atom. The van der Waals surface area contributed by atoms with Crippen molar-refractivity contribution >= 4 is 52.6 Å². The molecule has 0 atom stereocenters. The summed E-state index contributed by atoms with van der Waals surface area (Å²) in [5.74, 6) is 0.529. The third-order valence-corrected chi connectivity index (χ3v) is 15.8. The molecule has 3 aliphatic rings. The molecule has 356 valence electrons. The van der Waals surface area contributed by atoms with Gasteiger partial charge in [-0.15, -0.1) is 0 Å². The zero-order valence-electron chi connectivity index (χ0n) is 43.4. The van der Waals surface area contributed by atoms with Crippen LogP contribution in [0, 0.1) is 6.92 Å². The molecule has 0 spiro atoms. The summed E-state index contributed by atoms with van der Waals surface area (Å²) in [7, 11) is 0. The van der Waals surface area contributed by atoms with Gasteiger partial charge in [0.2, 0.25) is 0 Å². The SMILES string of the molecule is CC1(C)c2cc(-c3ccccc3)cnc2-c2c1cc1ccccc1c2O.CC1(C)c2cc(-c3ccccc3)cnc2-c2c1cc1ccccc1c2[O-].Cc1cnc2c(c1)C(C)(C)c1cc3ccccc3c([O-])c1-2.[Be+2].[Be+2]. The third-order valence-electron chi connectivity index (χ3n) is 15.8. The van der Waals surface area contributed by atoms with Crippen LogP contribution < -0.4 is 10.2 Å². The second kappa shape index (κ2) is 18.6. The predicted octanol–water partition coefficient (Wildman–Crippen LogP) is 14.4. The van der Waals surface area contributed by atoms with Crippen molar-refractivity contribution in [3.8, 4) is 73.3 Å². The van der Waals surface area contributed by atoms with Crippen LogP contribution in [0.4, 0.5) is 0 Å². The van der Waals surface area contributed by atoms with Crippen LogP contribution in [0.1, 0.15) is 80.5 Å². The Bertz CT molecular complexity index is 3870. The number of aromatic nitrogens is 3. The van der Waals surface area contributed by atoms with E-state index in [1.165, 1.54) is 5.56 Å². The first-order chi connectivity index (χ1) is 35.1. The maximum atomic E-state index is 13.2.